The molecule has 1 saturated heterocycles. The minimum atomic E-state index is -4.27. The maximum Gasteiger partial charge on any atom is 0.330 e. The van der Waals surface area contributed by atoms with Crippen LogP contribution in [0.1, 0.15) is 45.2 Å². The number of H-pyrrole nitrogens is 1. The van der Waals surface area contributed by atoms with Crippen LogP contribution in [-0.2, 0) is 39.7 Å². The number of nitrogens with one attached hydrogen (secondary N) is 1. The van der Waals surface area contributed by atoms with E-state index in [2.05, 4.69) is 4.98 Å². The molecule has 1 aliphatic rings. The van der Waals surface area contributed by atoms with Gasteiger partial charge in [-0.05, 0) is 43.5 Å². The molecule has 62 heavy (non-hydrogen) atoms. The molecule has 0 aliphatic carbocycles. The SMILES string of the molecule is CS(=O)(=O)OC1C(OC(c2ccccc2)(c2ccccc2)c2ccccc2)[C@H](COC(c2ccccc2)(c2ccccc2)c2ccccc2)O[C@@H]1n1cc(C=CI)c(=O)[nH]c1=O. The molecule has 0 spiro atoms. The second kappa shape index (κ2) is 18.7. The summed E-state index contributed by atoms with van der Waals surface area (Å²) in [4.78, 5) is 29.2. The van der Waals surface area contributed by atoms with E-state index in [1.165, 1.54) is 12.3 Å². The van der Waals surface area contributed by atoms with Crippen molar-refractivity contribution in [1.29, 1.82) is 0 Å². The third-order valence-electron chi connectivity index (χ3n) is 10.9. The number of hydrogen-bond donors (Lipinski definition) is 1. The smallest absolute Gasteiger partial charge is 0.330 e. The van der Waals surface area contributed by atoms with Crippen molar-refractivity contribution in [2.24, 2.45) is 0 Å². The van der Waals surface area contributed by atoms with Crippen molar-refractivity contribution in [2.75, 3.05) is 12.9 Å². The van der Waals surface area contributed by atoms with Crippen molar-refractivity contribution in [2.45, 2.75) is 35.7 Å². The number of rotatable bonds is 15. The molecule has 1 aromatic heterocycles. The van der Waals surface area contributed by atoms with E-state index in [4.69, 9.17) is 18.4 Å². The first-order valence-corrected chi connectivity index (χ1v) is 23.0. The maximum absolute atomic E-state index is 13.9. The zero-order valence-corrected chi connectivity index (χ0v) is 36.5. The molecule has 2 unspecified atom stereocenters. The van der Waals surface area contributed by atoms with Crippen molar-refractivity contribution < 1.29 is 26.8 Å². The first-order valence-electron chi connectivity index (χ1n) is 19.9. The molecule has 8 rings (SSSR count). The summed E-state index contributed by atoms with van der Waals surface area (Å²) >= 11 is 1.98. The van der Waals surface area contributed by atoms with Gasteiger partial charge in [0.2, 0.25) is 0 Å². The van der Waals surface area contributed by atoms with E-state index in [-0.39, 0.29) is 12.2 Å². The van der Waals surface area contributed by atoms with Crippen LogP contribution in [0.2, 0.25) is 0 Å². The molecule has 1 aliphatic heterocycles. The van der Waals surface area contributed by atoms with Gasteiger partial charge in [0, 0.05) is 6.20 Å². The van der Waals surface area contributed by atoms with Gasteiger partial charge in [0.15, 0.2) is 12.3 Å². The van der Waals surface area contributed by atoms with Gasteiger partial charge >= 0.3 is 5.69 Å². The highest BCUT2D eigenvalue weighted by atomic mass is 127. The Kier molecular flexibility index (Phi) is 13.0. The second-order valence-electron chi connectivity index (χ2n) is 14.8. The summed E-state index contributed by atoms with van der Waals surface area (Å²) in [7, 11) is -4.27. The van der Waals surface area contributed by atoms with E-state index in [0.717, 1.165) is 44.2 Å². The van der Waals surface area contributed by atoms with E-state index >= 15 is 0 Å². The largest absolute Gasteiger partial charge is 0.358 e. The predicted octanol–water partition coefficient (Wildman–Crippen LogP) is 8.57. The van der Waals surface area contributed by atoms with Crippen molar-refractivity contribution in [3.05, 3.63) is 252 Å². The van der Waals surface area contributed by atoms with E-state index in [1.54, 1.807) is 4.08 Å². The fraction of sp³-hybridized carbons (Fsp3) is 0.160. The lowest BCUT2D eigenvalue weighted by atomic mass is 9.79. The van der Waals surface area contributed by atoms with Crippen molar-refractivity contribution >= 4 is 38.8 Å². The Morgan fingerprint density at radius 2 is 1.02 bits per heavy atom. The van der Waals surface area contributed by atoms with Gasteiger partial charge in [0.1, 0.15) is 23.4 Å². The fourth-order valence-electron chi connectivity index (χ4n) is 8.29. The zero-order valence-electron chi connectivity index (χ0n) is 33.6. The lowest BCUT2D eigenvalue weighted by molar-refractivity contribution is -0.130. The molecular weight excluding hydrogens is 916 g/mol. The van der Waals surface area contributed by atoms with Crippen LogP contribution in [0.4, 0.5) is 0 Å². The summed E-state index contributed by atoms with van der Waals surface area (Å²) in [5, 5.41) is 0. The van der Waals surface area contributed by atoms with Crippen LogP contribution >= 0.6 is 22.6 Å². The van der Waals surface area contributed by atoms with Gasteiger partial charge in [0.05, 0.1) is 18.4 Å². The Balaban J connectivity index is 1.37. The molecule has 2 heterocycles. The molecular formula is C50H43IN2O8S. The van der Waals surface area contributed by atoms with Gasteiger partial charge in [-0.3, -0.25) is 18.5 Å². The molecule has 12 heteroatoms. The average Bonchev–Trinajstić information content (AvgIpc) is 3.62. The lowest BCUT2D eigenvalue weighted by Crippen LogP contribution is -2.48. The van der Waals surface area contributed by atoms with Crippen LogP contribution in [0.5, 0.6) is 0 Å². The van der Waals surface area contributed by atoms with Crippen molar-refractivity contribution in [3.63, 3.8) is 0 Å². The van der Waals surface area contributed by atoms with Crippen LogP contribution in [0.3, 0.4) is 0 Å². The summed E-state index contributed by atoms with van der Waals surface area (Å²) in [5.41, 5.74) is 0.759. The highest BCUT2D eigenvalue weighted by molar-refractivity contribution is 14.1. The zero-order chi connectivity index (χ0) is 43.2. The number of aromatic amines is 1. The molecule has 0 bridgehead atoms. The molecule has 4 atom stereocenters. The summed E-state index contributed by atoms with van der Waals surface area (Å²) in [6, 6.07) is 58.3. The van der Waals surface area contributed by atoms with Crippen LogP contribution in [-0.4, -0.2) is 49.1 Å². The van der Waals surface area contributed by atoms with E-state index in [9.17, 15) is 18.0 Å². The third kappa shape index (κ3) is 8.67. The maximum atomic E-state index is 13.9. The molecule has 314 valence electrons. The predicted molar refractivity (Wildman–Crippen MR) is 247 cm³/mol. The van der Waals surface area contributed by atoms with Crippen molar-refractivity contribution in [3.8, 4) is 0 Å². The van der Waals surface area contributed by atoms with Gasteiger partial charge in [-0.1, -0.05) is 205 Å². The number of ether oxygens (including phenoxy) is 3. The normalized spacial score (nSPS) is 18.2. The second-order valence-corrected chi connectivity index (χ2v) is 17.1. The molecule has 7 aromatic rings. The Bertz CT molecular complexity index is 2630. The van der Waals surface area contributed by atoms with E-state index in [0.29, 0.717) is 0 Å². The molecule has 6 aromatic carbocycles. The number of benzene rings is 6. The van der Waals surface area contributed by atoms with Crippen LogP contribution in [0, 0.1) is 0 Å². The number of nitrogens with zero attached hydrogens (tertiary/aromatic N) is 1. The van der Waals surface area contributed by atoms with Crippen LogP contribution < -0.4 is 11.2 Å². The first-order chi connectivity index (χ1) is 30.1. The molecule has 10 nitrogen and oxygen atoms in total. The molecule has 1 fully saturated rings. The standard InChI is InChI=1S/C50H43IN2O8S/c1-62(56,57)61-45-44(60-50(40-26-14-5-15-27-40,41-28-16-6-17-29-41)42-30-18-7-19-31-42)43(59-47(45)53-34-36(32-33-51)46(54)52-48(53)55)35-58-49(37-20-8-2-9-21-37,38-22-10-3-11-23-38)39-24-12-4-13-25-39/h2-34,43-45,47H,35H2,1H3,(H,52,54,55)/t43-,44?,45?,47-/m0/s1. The van der Waals surface area contributed by atoms with Gasteiger partial charge in [-0.2, -0.15) is 8.42 Å². The molecule has 0 saturated carbocycles. The number of aromatic nitrogens is 2. The third-order valence-corrected chi connectivity index (χ3v) is 11.9. The lowest BCUT2D eigenvalue weighted by Gasteiger charge is -2.41. The minimum absolute atomic E-state index is 0.140. The number of hydrogen-bond acceptors (Lipinski definition) is 8. The van der Waals surface area contributed by atoms with Gasteiger partial charge < -0.3 is 14.2 Å². The Morgan fingerprint density at radius 1 is 0.629 bits per heavy atom. The average molecular weight is 959 g/mol. The quantitative estimate of drug-likeness (QED) is 0.0616. The fourth-order valence-corrected chi connectivity index (χ4v) is 9.29. The van der Waals surface area contributed by atoms with E-state index < -0.39 is 57.1 Å². The van der Waals surface area contributed by atoms with Gasteiger partial charge in [-0.15, -0.1) is 0 Å². The first kappa shape index (κ1) is 42.9. The topological polar surface area (TPSA) is 126 Å². The summed E-state index contributed by atoms with van der Waals surface area (Å²) in [6.45, 7) is -0.198. The molecule has 0 radical (unpaired) electrons. The molecule has 0 amide bonds. The summed E-state index contributed by atoms with van der Waals surface area (Å²) < 4.78 is 57.6. The highest BCUT2D eigenvalue weighted by Crippen LogP contribution is 2.47. The van der Waals surface area contributed by atoms with Gasteiger partial charge in [0.25, 0.3) is 15.7 Å². The number of halogens is 1. The Hall–Kier alpha value is -5.74. The Labute approximate surface area is 373 Å². The van der Waals surface area contributed by atoms with Crippen LogP contribution in [0.15, 0.2) is 202 Å². The minimum Gasteiger partial charge on any atom is -0.358 e. The highest BCUT2D eigenvalue weighted by Gasteiger charge is 2.55. The van der Waals surface area contributed by atoms with Gasteiger partial charge in [-0.25, -0.2) is 4.79 Å². The van der Waals surface area contributed by atoms with E-state index in [1.807, 2.05) is 205 Å². The van der Waals surface area contributed by atoms with Crippen molar-refractivity contribution in [1.82, 2.24) is 9.55 Å². The monoisotopic (exact) mass is 958 g/mol. The summed E-state index contributed by atoms with van der Waals surface area (Å²) in [6.07, 6.45) is -1.50. The Morgan fingerprint density at radius 3 is 1.39 bits per heavy atom. The van der Waals surface area contributed by atoms with Crippen LogP contribution in [0.25, 0.3) is 6.08 Å². The molecule has 1 N–H and O–H groups in total. The summed E-state index contributed by atoms with van der Waals surface area (Å²) in [5.74, 6) is 0.